The molecule has 0 aliphatic heterocycles. The highest BCUT2D eigenvalue weighted by Crippen LogP contribution is 2.28. The zero-order valence-electron chi connectivity index (χ0n) is 11.2. The van der Waals surface area contributed by atoms with E-state index in [1.165, 1.54) is 51.4 Å². The van der Waals surface area contributed by atoms with Crippen LogP contribution < -0.4 is 0 Å². The smallest absolute Gasteiger partial charge is 0.138 e. The second kappa shape index (κ2) is 7.09. The number of hydrogen-bond donors (Lipinski definition) is 0. The summed E-state index contributed by atoms with van der Waals surface area (Å²) in [5, 5.41) is 0. The molecule has 0 N–H and O–H groups in total. The van der Waals surface area contributed by atoms with Crippen LogP contribution in [0.3, 0.4) is 0 Å². The lowest BCUT2D eigenvalue weighted by atomic mass is 9.80. The van der Waals surface area contributed by atoms with Gasteiger partial charge in [0.25, 0.3) is 0 Å². The SMILES string of the molecule is CC1(C)CCCCCCCCCCCC1=O. The van der Waals surface area contributed by atoms with Crippen molar-refractivity contribution >= 4 is 5.78 Å². The molecule has 1 aliphatic rings. The normalized spacial score (nSPS) is 25.2. The highest BCUT2D eigenvalue weighted by molar-refractivity contribution is 5.83. The maximum atomic E-state index is 12.0. The van der Waals surface area contributed by atoms with Gasteiger partial charge in [0.1, 0.15) is 5.78 Å². The van der Waals surface area contributed by atoms with Crippen molar-refractivity contribution in [2.45, 2.75) is 84.5 Å². The number of carbonyl (C=O) groups excluding carboxylic acids is 1. The molecule has 94 valence electrons. The predicted molar refractivity (Wildman–Crippen MR) is 69.6 cm³/mol. The van der Waals surface area contributed by atoms with E-state index < -0.39 is 0 Å². The highest BCUT2D eigenvalue weighted by Gasteiger charge is 2.25. The number of ketones is 1. The minimum Gasteiger partial charge on any atom is -0.299 e. The molecule has 0 aromatic rings. The molecule has 0 atom stereocenters. The van der Waals surface area contributed by atoms with Gasteiger partial charge in [0.05, 0.1) is 0 Å². The molecule has 0 saturated heterocycles. The van der Waals surface area contributed by atoms with Crippen LogP contribution in [0.25, 0.3) is 0 Å². The Morgan fingerprint density at radius 2 is 1.19 bits per heavy atom. The Bertz CT molecular complexity index is 205. The molecule has 1 nitrogen and oxygen atoms in total. The Morgan fingerprint density at radius 3 is 1.75 bits per heavy atom. The van der Waals surface area contributed by atoms with E-state index in [2.05, 4.69) is 13.8 Å². The molecule has 0 heterocycles. The van der Waals surface area contributed by atoms with Crippen molar-refractivity contribution in [3.8, 4) is 0 Å². The number of rotatable bonds is 0. The molecule has 1 heteroatoms. The van der Waals surface area contributed by atoms with Gasteiger partial charge in [-0.25, -0.2) is 0 Å². The summed E-state index contributed by atoms with van der Waals surface area (Å²) in [6.07, 6.45) is 13.7. The number of Topliss-reactive ketones (excluding diaryl/α,β-unsaturated/α-hetero) is 1. The third-order valence-electron chi connectivity index (χ3n) is 3.96. The summed E-state index contributed by atoms with van der Waals surface area (Å²) in [7, 11) is 0. The third kappa shape index (κ3) is 5.14. The minimum absolute atomic E-state index is 0.0615. The highest BCUT2D eigenvalue weighted by atomic mass is 16.1. The first-order valence-corrected chi connectivity index (χ1v) is 7.16. The van der Waals surface area contributed by atoms with E-state index >= 15 is 0 Å². The fourth-order valence-electron chi connectivity index (χ4n) is 2.57. The van der Waals surface area contributed by atoms with Gasteiger partial charge in [-0.05, 0) is 12.8 Å². The fraction of sp³-hybridized carbons (Fsp3) is 0.933. The van der Waals surface area contributed by atoms with Gasteiger partial charge in [-0.2, -0.15) is 0 Å². The van der Waals surface area contributed by atoms with Crippen molar-refractivity contribution in [1.82, 2.24) is 0 Å². The number of hydrogen-bond acceptors (Lipinski definition) is 1. The van der Waals surface area contributed by atoms with Crippen molar-refractivity contribution in [2.75, 3.05) is 0 Å². The minimum atomic E-state index is -0.0615. The van der Waals surface area contributed by atoms with Crippen LogP contribution in [0, 0.1) is 5.41 Å². The maximum absolute atomic E-state index is 12.0. The molecule has 0 unspecified atom stereocenters. The summed E-state index contributed by atoms with van der Waals surface area (Å²) in [5.74, 6) is 0.492. The Kier molecular flexibility index (Phi) is 6.08. The van der Waals surface area contributed by atoms with Crippen molar-refractivity contribution < 1.29 is 4.79 Å². The van der Waals surface area contributed by atoms with Crippen molar-refractivity contribution in [1.29, 1.82) is 0 Å². The lowest BCUT2D eigenvalue weighted by Crippen LogP contribution is -2.23. The Morgan fingerprint density at radius 1 is 0.750 bits per heavy atom. The standard InChI is InChI=1S/C15H28O/c1-15(2)13-11-9-7-5-3-4-6-8-10-12-14(15)16/h3-13H2,1-2H3. The van der Waals surface area contributed by atoms with E-state index in [0.29, 0.717) is 5.78 Å². The average Bonchev–Trinajstić information content (AvgIpc) is 2.25. The predicted octanol–water partition coefficient (Wildman–Crippen LogP) is 4.89. The molecule has 0 radical (unpaired) electrons. The zero-order valence-corrected chi connectivity index (χ0v) is 11.2. The fourth-order valence-corrected chi connectivity index (χ4v) is 2.57. The topological polar surface area (TPSA) is 17.1 Å². The molecule has 16 heavy (non-hydrogen) atoms. The molecule has 0 amide bonds. The first-order valence-electron chi connectivity index (χ1n) is 7.16. The van der Waals surface area contributed by atoms with Crippen LogP contribution in [0.5, 0.6) is 0 Å². The summed E-state index contributed by atoms with van der Waals surface area (Å²) in [4.78, 5) is 12.0. The molecule has 1 fully saturated rings. The van der Waals surface area contributed by atoms with Crippen molar-refractivity contribution in [3.63, 3.8) is 0 Å². The molecular weight excluding hydrogens is 196 g/mol. The van der Waals surface area contributed by atoms with E-state index in [0.717, 1.165) is 19.3 Å². The van der Waals surface area contributed by atoms with E-state index in [-0.39, 0.29) is 5.41 Å². The molecule has 1 rings (SSSR count). The van der Waals surface area contributed by atoms with E-state index in [1.807, 2.05) is 0 Å². The van der Waals surface area contributed by atoms with E-state index in [9.17, 15) is 4.79 Å². The molecular formula is C15H28O. The summed E-state index contributed by atoms with van der Waals surface area (Å²) < 4.78 is 0. The van der Waals surface area contributed by atoms with Gasteiger partial charge in [0, 0.05) is 11.8 Å². The van der Waals surface area contributed by atoms with Crippen LogP contribution >= 0.6 is 0 Å². The van der Waals surface area contributed by atoms with Crippen LogP contribution in [-0.4, -0.2) is 5.78 Å². The molecule has 0 aromatic heterocycles. The summed E-state index contributed by atoms with van der Waals surface area (Å²) >= 11 is 0. The van der Waals surface area contributed by atoms with Crippen LogP contribution in [0.15, 0.2) is 0 Å². The lowest BCUT2D eigenvalue weighted by Gasteiger charge is -2.22. The number of carbonyl (C=O) groups is 1. The second-order valence-electron chi connectivity index (χ2n) is 5.99. The van der Waals surface area contributed by atoms with Gasteiger partial charge < -0.3 is 0 Å². The Hall–Kier alpha value is -0.330. The molecule has 0 aromatic carbocycles. The molecule has 0 spiro atoms. The first-order chi connectivity index (χ1) is 7.63. The van der Waals surface area contributed by atoms with Crippen molar-refractivity contribution in [2.24, 2.45) is 5.41 Å². The van der Waals surface area contributed by atoms with Crippen LogP contribution in [0.2, 0.25) is 0 Å². The third-order valence-corrected chi connectivity index (χ3v) is 3.96. The molecule has 1 aliphatic carbocycles. The summed E-state index contributed by atoms with van der Waals surface area (Å²) in [6.45, 7) is 4.27. The Balaban J connectivity index is 2.41. The van der Waals surface area contributed by atoms with E-state index in [1.54, 1.807) is 0 Å². The Labute approximate surface area is 101 Å². The maximum Gasteiger partial charge on any atom is 0.138 e. The zero-order chi connectivity index (χ0) is 11.9. The first kappa shape index (κ1) is 13.7. The van der Waals surface area contributed by atoms with E-state index in [4.69, 9.17) is 0 Å². The molecule has 0 bridgehead atoms. The van der Waals surface area contributed by atoms with Crippen molar-refractivity contribution in [3.05, 3.63) is 0 Å². The van der Waals surface area contributed by atoms with Gasteiger partial charge in [-0.1, -0.05) is 65.2 Å². The van der Waals surface area contributed by atoms with Gasteiger partial charge >= 0.3 is 0 Å². The second-order valence-corrected chi connectivity index (χ2v) is 5.99. The molecule has 1 saturated carbocycles. The summed E-state index contributed by atoms with van der Waals surface area (Å²) in [6, 6.07) is 0. The van der Waals surface area contributed by atoms with Crippen LogP contribution in [0.4, 0.5) is 0 Å². The quantitative estimate of drug-likeness (QED) is 0.572. The van der Waals surface area contributed by atoms with Gasteiger partial charge in [0.2, 0.25) is 0 Å². The monoisotopic (exact) mass is 224 g/mol. The van der Waals surface area contributed by atoms with Crippen LogP contribution in [0.1, 0.15) is 84.5 Å². The van der Waals surface area contributed by atoms with Crippen LogP contribution in [-0.2, 0) is 4.79 Å². The van der Waals surface area contributed by atoms with Gasteiger partial charge in [-0.3, -0.25) is 4.79 Å². The lowest BCUT2D eigenvalue weighted by molar-refractivity contribution is -0.127. The average molecular weight is 224 g/mol. The largest absolute Gasteiger partial charge is 0.299 e. The van der Waals surface area contributed by atoms with Gasteiger partial charge in [0.15, 0.2) is 0 Å². The van der Waals surface area contributed by atoms with Gasteiger partial charge in [-0.15, -0.1) is 0 Å². The summed E-state index contributed by atoms with van der Waals surface area (Å²) in [5.41, 5.74) is -0.0615.